The monoisotopic (exact) mass is 990 g/mol. The van der Waals surface area contributed by atoms with Crippen molar-refractivity contribution in [2.24, 2.45) is 20.2 Å². The van der Waals surface area contributed by atoms with Gasteiger partial charge < -0.3 is 0 Å². The van der Waals surface area contributed by atoms with Crippen molar-refractivity contribution in [1.29, 1.82) is 0 Å². The second-order valence-electron chi connectivity index (χ2n) is 15.9. The van der Waals surface area contributed by atoms with Crippen LogP contribution in [0.4, 0.5) is 28.9 Å². The highest BCUT2D eigenvalue weighted by Gasteiger charge is 2.41. The Morgan fingerprint density at radius 3 is 1.18 bits per heavy atom. The van der Waals surface area contributed by atoms with Crippen LogP contribution >= 0.6 is 23.2 Å². The van der Waals surface area contributed by atoms with Crippen molar-refractivity contribution < 1.29 is 34.4 Å². The van der Waals surface area contributed by atoms with Crippen LogP contribution in [0.3, 0.4) is 0 Å². The van der Waals surface area contributed by atoms with Gasteiger partial charge in [-0.25, -0.2) is 17.6 Å². The van der Waals surface area contributed by atoms with Crippen LogP contribution in [0, 0.1) is 0 Å². The number of amidine groups is 2. The average Bonchev–Trinajstić information content (AvgIpc) is 3.95. The van der Waals surface area contributed by atoms with E-state index < -0.39 is 57.9 Å². The highest BCUT2D eigenvalue weighted by atomic mass is 35.5. The minimum absolute atomic E-state index is 0.0877. The third-order valence-corrected chi connectivity index (χ3v) is 14.9. The zero-order chi connectivity index (χ0) is 47.3. The standard InChI is InChI=1S/2C22H24ClF2N5O2S/c2*1-26-21(28-33(31,32)29-13-11-22(24,25)12-14-29)19-15-20(16-5-3-2-4-6-16)30(27-19)18-9-7-17(23)8-10-18/h2*2-10,20H,11-15H2,1H3,(H,26,28)/t2*20-/m10/s1. The van der Waals surface area contributed by atoms with Gasteiger partial charge in [-0.15, -0.1) is 0 Å². The number of rotatable bonds is 10. The van der Waals surface area contributed by atoms with Crippen LogP contribution in [0.15, 0.2) is 129 Å². The van der Waals surface area contributed by atoms with E-state index in [4.69, 9.17) is 23.2 Å². The lowest BCUT2D eigenvalue weighted by atomic mass is 10.0. The predicted molar refractivity (Wildman–Crippen MR) is 253 cm³/mol. The molecular weight excluding hydrogens is 944 g/mol. The third-order valence-electron chi connectivity index (χ3n) is 11.4. The SMILES string of the molecule is CN=C(NS(=O)(=O)N1CCC(F)(F)CC1)C1=NN(c2ccc(Cl)cc2)[C@@H](c2ccccc2)C1.CN=C(NS(=O)(=O)N1CCC(F)(F)CC1)C1=NN(c2ccc(Cl)cc2)[C@H](c2ccccc2)C1. The highest BCUT2D eigenvalue weighted by molar-refractivity contribution is 7.88. The maximum Gasteiger partial charge on any atom is 0.302 e. The summed E-state index contributed by atoms with van der Waals surface area (Å²) >= 11 is 12.1. The molecule has 4 aromatic carbocycles. The third kappa shape index (κ3) is 11.9. The number of hydrogen-bond donors (Lipinski definition) is 2. The number of aliphatic imine (C=N–C) groups is 2. The van der Waals surface area contributed by atoms with Gasteiger partial charge >= 0.3 is 20.4 Å². The minimum atomic E-state index is -4.05. The first-order chi connectivity index (χ1) is 31.4. The van der Waals surface area contributed by atoms with Gasteiger partial charge in [-0.05, 0) is 59.7 Å². The molecule has 2 fully saturated rings. The second-order valence-corrected chi connectivity index (χ2v) is 20.1. The summed E-state index contributed by atoms with van der Waals surface area (Å²) in [4.78, 5) is 8.24. The van der Waals surface area contributed by atoms with E-state index in [0.29, 0.717) is 34.3 Å². The first-order valence-corrected chi connectivity index (χ1v) is 24.6. The highest BCUT2D eigenvalue weighted by Crippen LogP contribution is 2.38. The lowest BCUT2D eigenvalue weighted by Gasteiger charge is -2.31. The molecule has 0 saturated carbocycles. The first-order valence-electron chi connectivity index (χ1n) is 21.0. The van der Waals surface area contributed by atoms with Crippen LogP contribution in [0.1, 0.15) is 61.7 Å². The largest absolute Gasteiger partial charge is 0.302 e. The summed E-state index contributed by atoms with van der Waals surface area (Å²) in [6.07, 6.45) is -1.22. The zero-order valence-electron chi connectivity index (χ0n) is 35.9. The molecule has 4 aromatic rings. The van der Waals surface area contributed by atoms with Crippen molar-refractivity contribution in [2.75, 3.05) is 50.3 Å². The molecule has 0 aromatic heterocycles. The number of hydrogen-bond acceptors (Lipinski definition) is 10. The van der Waals surface area contributed by atoms with Crippen LogP contribution in [0.2, 0.25) is 10.0 Å². The molecule has 66 heavy (non-hydrogen) atoms. The van der Waals surface area contributed by atoms with E-state index in [1.54, 1.807) is 24.3 Å². The number of alkyl halides is 4. The Kier molecular flexibility index (Phi) is 15.1. The van der Waals surface area contributed by atoms with E-state index >= 15 is 0 Å². The number of hydrazone groups is 2. The molecule has 2 saturated heterocycles. The fraction of sp³-hybridized carbons (Fsp3) is 0.364. The maximum absolute atomic E-state index is 13.5. The Balaban J connectivity index is 0.000000196. The lowest BCUT2D eigenvalue weighted by molar-refractivity contribution is -0.0420. The maximum atomic E-state index is 13.5. The van der Waals surface area contributed by atoms with Crippen LogP contribution in [0.5, 0.6) is 0 Å². The van der Waals surface area contributed by atoms with Gasteiger partial charge in [0.05, 0.1) is 23.5 Å². The van der Waals surface area contributed by atoms with Gasteiger partial charge in [0.1, 0.15) is 11.4 Å². The molecule has 352 valence electrons. The number of halogens is 6. The van der Waals surface area contributed by atoms with Crippen LogP contribution < -0.4 is 19.5 Å². The summed E-state index contributed by atoms with van der Waals surface area (Å²) in [6, 6.07) is 33.5. The van der Waals surface area contributed by atoms with Crippen molar-refractivity contribution in [3.63, 3.8) is 0 Å². The number of nitrogens with zero attached hydrogens (tertiary/aromatic N) is 8. The van der Waals surface area contributed by atoms with Crippen molar-refractivity contribution in [1.82, 2.24) is 18.1 Å². The molecule has 4 heterocycles. The van der Waals surface area contributed by atoms with Crippen molar-refractivity contribution in [3.05, 3.63) is 130 Å². The molecule has 0 aliphatic carbocycles. The summed E-state index contributed by atoms with van der Waals surface area (Å²) in [7, 11) is -5.17. The molecule has 14 nitrogen and oxygen atoms in total. The number of nitrogens with one attached hydrogen (secondary N) is 2. The van der Waals surface area contributed by atoms with Gasteiger partial charge in [-0.3, -0.25) is 29.4 Å². The molecule has 22 heteroatoms. The van der Waals surface area contributed by atoms with Crippen LogP contribution in [-0.4, -0.2) is 101 Å². The van der Waals surface area contributed by atoms with E-state index in [2.05, 4.69) is 29.6 Å². The number of piperidine rings is 2. The minimum Gasteiger partial charge on any atom is -0.270 e. The van der Waals surface area contributed by atoms with Crippen molar-refractivity contribution >= 4 is 78.1 Å². The molecular formula is C44H48Cl2F4N10O4S2. The Labute approximate surface area is 392 Å². The Morgan fingerprint density at radius 2 is 0.879 bits per heavy atom. The molecule has 0 bridgehead atoms. The fourth-order valence-electron chi connectivity index (χ4n) is 7.79. The van der Waals surface area contributed by atoms with Gasteiger partial charge in [0.25, 0.3) is 11.8 Å². The summed E-state index contributed by atoms with van der Waals surface area (Å²) in [5, 5.41) is 14.2. The summed E-state index contributed by atoms with van der Waals surface area (Å²) in [5.74, 6) is -5.51. The molecule has 4 aliphatic heterocycles. The van der Waals surface area contributed by atoms with Gasteiger partial charge in [0.2, 0.25) is 0 Å². The Hall–Kier alpha value is -5.12. The van der Waals surface area contributed by atoms with E-state index in [-0.39, 0.29) is 49.9 Å². The molecule has 8 rings (SSSR count). The van der Waals surface area contributed by atoms with Crippen LogP contribution in [0.25, 0.3) is 0 Å². The smallest absolute Gasteiger partial charge is 0.270 e. The Morgan fingerprint density at radius 1 is 0.561 bits per heavy atom. The van der Waals surface area contributed by atoms with Gasteiger partial charge in [0.15, 0.2) is 11.7 Å². The predicted octanol–water partition coefficient (Wildman–Crippen LogP) is 8.48. The molecule has 2 atom stereocenters. The van der Waals surface area contributed by atoms with Gasteiger partial charge in [0, 0.05) is 88.8 Å². The summed E-state index contributed by atoms with van der Waals surface area (Å²) in [6.45, 7) is -1.02. The molecule has 4 aliphatic rings. The van der Waals surface area contributed by atoms with E-state index in [1.807, 2.05) is 94.9 Å². The topological polar surface area (TPSA) is 155 Å². The van der Waals surface area contributed by atoms with E-state index in [0.717, 1.165) is 31.1 Å². The number of benzene rings is 4. The molecule has 0 unspecified atom stereocenters. The molecule has 0 radical (unpaired) electrons. The number of anilines is 2. The molecule has 2 N–H and O–H groups in total. The second kappa shape index (κ2) is 20.4. The average molecular weight is 992 g/mol. The lowest BCUT2D eigenvalue weighted by Crippen LogP contribution is -2.50. The van der Waals surface area contributed by atoms with E-state index in [1.165, 1.54) is 14.1 Å². The van der Waals surface area contributed by atoms with Gasteiger partial charge in [-0.1, -0.05) is 83.9 Å². The van der Waals surface area contributed by atoms with Crippen LogP contribution in [-0.2, 0) is 20.4 Å². The quantitative estimate of drug-likeness (QED) is 0.0924. The zero-order valence-corrected chi connectivity index (χ0v) is 39.1. The normalized spacial score (nSPS) is 21.7. The Bertz CT molecular complexity index is 2480. The van der Waals surface area contributed by atoms with Crippen molar-refractivity contribution in [2.45, 2.75) is 62.5 Å². The van der Waals surface area contributed by atoms with Crippen molar-refractivity contribution in [3.8, 4) is 0 Å². The summed E-state index contributed by atoms with van der Waals surface area (Å²) < 4.78 is 112. The molecule has 0 amide bonds. The molecule has 0 spiro atoms. The van der Waals surface area contributed by atoms with E-state index in [9.17, 15) is 34.4 Å². The van der Waals surface area contributed by atoms with Gasteiger partial charge in [-0.2, -0.15) is 35.6 Å². The summed E-state index contributed by atoms with van der Waals surface area (Å²) in [5.41, 5.74) is 4.49. The first kappa shape index (κ1) is 48.8. The fourth-order valence-corrected chi connectivity index (χ4v) is 10.5.